The molecular weight excluding hydrogens is 330 g/mol. The monoisotopic (exact) mass is 355 g/mol. The Morgan fingerprint density at radius 1 is 1.24 bits per heavy atom. The van der Waals surface area contributed by atoms with Gasteiger partial charge >= 0.3 is 0 Å². The number of nitrogens with zero attached hydrogens (tertiary/aromatic N) is 3. The molecule has 0 atom stereocenters. The Labute approximate surface area is 153 Å². The van der Waals surface area contributed by atoms with Crippen molar-refractivity contribution in [2.75, 3.05) is 25.0 Å². The number of aromatic nitrogens is 1. The molecule has 1 aliphatic heterocycles. The van der Waals surface area contributed by atoms with Gasteiger partial charge in [-0.05, 0) is 24.1 Å². The highest BCUT2D eigenvalue weighted by atomic mass is 32.1. The van der Waals surface area contributed by atoms with Gasteiger partial charge in [-0.2, -0.15) is 0 Å². The van der Waals surface area contributed by atoms with Crippen LogP contribution in [-0.4, -0.2) is 31.1 Å². The van der Waals surface area contributed by atoms with Gasteiger partial charge in [0.2, 0.25) is 0 Å². The van der Waals surface area contributed by atoms with Gasteiger partial charge < -0.3 is 15.5 Å². The third kappa shape index (κ3) is 4.82. The highest BCUT2D eigenvalue weighted by Crippen LogP contribution is 2.18. The van der Waals surface area contributed by atoms with E-state index in [-0.39, 0.29) is 0 Å². The summed E-state index contributed by atoms with van der Waals surface area (Å²) in [5, 5.41) is 7.79. The maximum atomic E-state index is 4.43. The maximum Gasteiger partial charge on any atom is 0.191 e. The first kappa shape index (κ1) is 17.5. The van der Waals surface area contributed by atoms with Crippen LogP contribution in [0.25, 0.3) is 0 Å². The summed E-state index contributed by atoms with van der Waals surface area (Å²) in [7, 11) is 1.79. The molecule has 0 spiro atoms. The molecule has 0 unspecified atom stereocenters. The van der Waals surface area contributed by atoms with Gasteiger partial charge in [0.25, 0.3) is 0 Å². The minimum atomic E-state index is 0.698. The van der Waals surface area contributed by atoms with Crippen LogP contribution in [0.4, 0.5) is 5.69 Å². The second kappa shape index (κ2) is 8.67. The van der Waals surface area contributed by atoms with Crippen molar-refractivity contribution in [3.63, 3.8) is 0 Å². The summed E-state index contributed by atoms with van der Waals surface area (Å²) in [6, 6.07) is 8.66. The fourth-order valence-corrected chi connectivity index (χ4v) is 3.51. The molecule has 6 heteroatoms. The highest BCUT2D eigenvalue weighted by Gasteiger charge is 2.08. The summed E-state index contributed by atoms with van der Waals surface area (Å²) in [6.07, 6.45) is 7.41. The van der Waals surface area contributed by atoms with E-state index in [0.717, 1.165) is 37.0 Å². The topological polar surface area (TPSA) is 52.6 Å². The highest BCUT2D eigenvalue weighted by molar-refractivity contribution is 7.11. The maximum absolute atomic E-state index is 4.43. The van der Waals surface area contributed by atoms with Crippen molar-refractivity contribution in [1.82, 2.24) is 15.6 Å². The number of anilines is 1. The van der Waals surface area contributed by atoms with Crippen molar-refractivity contribution < 1.29 is 0 Å². The summed E-state index contributed by atoms with van der Waals surface area (Å²) in [4.78, 5) is 12.4. The molecule has 2 heterocycles. The van der Waals surface area contributed by atoms with E-state index in [4.69, 9.17) is 0 Å². The van der Waals surface area contributed by atoms with Crippen LogP contribution in [0, 0.1) is 0 Å². The first-order chi connectivity index (χ1) is 12.3. The van der Waals surface area contributed by atoms with Gasteiger partial charge in [-0.25, -0.2) is 4.98 Å². The first-order valence-electron chi connectivity index (χ1n) is 8.65. The van der Waals surface area contributed by atoms with Crippen LogP contribution in [-0.2, 0) is 19.5 Å². The Kier molecular flexibility index (Phi) is 6.06. The molecule has 0 radical (unpaired) electrons. The predicted molar refractivity (Wildman–Crippen MR) is 106 cm³/mol. The lowest BCUT2D eigenvalue weighted by Gasteiger charge is -2.19. The average Bonchev–Trinajstić information content (AvgIpc) is 3.34. The van der Waals surface area contributed by atoms with Crippen LogP contribution >= 0.6 is 11.3 Å². The van der Waals surface area contributed by atoms with E-state index >= 15 is 0 Å². The second-order valence-electron chi connectivity index (χ2n) is 5.90. The van der Waals surface area contributed by atoms with Crippen molar-refractivity contribution in [3.05, 3.63) is 58.1 Å². The van der Waals surface area contributed by atoms with E-state index in [9.17, 15) is 0 Å². The van der Waals surface area contributed by atoms with E-state index in [1.165, 1.54) is 16.1 Å². The molecule has 0 saturated heterocycles. The van der Waals surface area contributed by atoms with Crippen molar-refractivity contribution in [2.45, 2.75) is 26.4 Å². The van der Waals surface area contributed by atoms with Gasteiger partial charge in [-0.15, -0.1) is 11.3 Å². The van der Waals surface area contributed by atoms with Crippen molar-refractivity contribution in [1.29, 1.82) is 0 Å². The third-order valence-corrected chi connectivity index (χ3v) is 5.28. The summed E-state index contributed by atoms with van der Waals surface area (Å²) >= 11 is 1.75. The molecule has 0 amide bonds. The van der Waals surface area contributed by atoms with Gasteiger partial charge in [0.15, 0.2) is 5.96 Å². The summed E-state index contributed by atoms with van der Waals surface area (Å²) in [6.45, 7) is 5.58. The normalized spacial score (nSPS) is 14.2. The molecule has 0 saturated carbocycles. The van der Waals surface area contributed by atoms with Crippen LogP contribution in [0.5, 0.6) is 0 Å². The Balaban J connectivity index is 1.51. The molecule has 1 aromatic heterocycles. The zero-order chi connectivity index (χ0) is 17.5. The van der Waals surface area contributed by atoms with E-state index in [1.54, 1.807) is 18.4 Å². The lowest BCUT2D eigenvalue weighted by Crippen LogP contribution is -2.36. The molecule has 0 fully saturated rings. The minimum Gasteiger partial charge on any atom is -0.364 e. The number of nitrogens with one attached hydrogen (secondary N) is 2. The Morgan fingerprint density at radius 2 is 2.04 bits per heavy atom. The summed E-state index contributed by atoms with van der Waals surface area (Å²) in [5.74, 6) is 0.793. The standard InChI is InChI=1S/C19H25N5S/c1-3-17-13-21-18(25-17)14-23-19(20-2)22-12-15-7-6-8-16(11-15)24-9-4-5-10-24/h4-8,11,13H,3,9-10,12,14H2,1-2H3,(H2,20,22,23). The molecule has 2 N–H and O–H groups in total. The van der Waals surface area contributed by atoms with Crippen molar-refractivity contribution in [2.24, 2.45) is 4.99 Å². The summed E-state index contributed by atoms with van der Waals surface area (Å²) in [5.41, 5.74) is 2.51. The zero-order valence-electron chi connectivity index (χ0n) is 14.8. The van der Waals surface area contributed by atoms with Gasteiger partial charge in [0, 0.05) is 43.4 Å². The number of thiazole rings is 1. The van der Waals surface area contributed by atoms with Gasteiger partial charge in [0.1, 0.15) is 5.01 Å². The fraction of sp³-hybridized carbons (Fsp3) is 0.368. The number of hydrogen-bond acceptors (Lipinski definition) is 4. The summed E-state index contributed by atoms with van der Waals surface area (Å²) < 4.78 is 0. The van der Waals surface area contributed by atoms with E-state index in [1.807, 2.05) is 6.20 Å². The fourth-order valence-electron chi connectivity index (χ4n) is 2.71. The minimum absolute atomic E-state index is 0.698. The largest absolute Gasteiger partial charge is 0.364 e. The number of guanidine groups is 1. The number of benzene rings is 1. The van der Waals surface area contributed by atoms with Gasteiger partial charge in [-0.1, -0.05) is 31.2 Å². The lowest BCUT2D eigenvalue weighted by atomic mass is 10.2. The molecule has 1 aromatic carbocycles. The number of aliphatic imine (C=N–C) groups is 1. The second-order valence-corrected chi connectivity index (χ2v) is 7.10. The van der Waals surface area contributed by atoms with Crippen LogP contribution in [0.1, 0.15) is 22.4 Å². The average molecular weight is 356 g/mol. The van der Waals surface area contributed by atoms with Crippen molar-refractivity contribution in [3.8, 4) is 0 Å². The lowest BCUT2D eigenvalue weighted by molar-refractivity contribution is 0.804. The molecular formula is C19H25N5S. The first-order valence-corrected chi connectivity index (χ1v) is 9.47. The molecule has 3 rings (SSSR count). The molecule has 25 heavy (non-hydrogen) atoms. The Morgan fingerprint density at radius 3 is 2.76 bits per heavy atom. The van der Waals surface area contributed by atoms with Gasteiger partial charge in [0.05, 0.1) is 6.54 Å². The van der Waals surface area contributed by atoms with E-state index in [2.05, 4.69) is 68.9 Å². The molecule has 2 aromatic rings. The quantitative estimate of drug-likeness (QED) is 0.475. The molecule has 0 aliphatic carbocycles. The van der Waals surface area contributed by atoms with Gasteiger partial charge in [-0.3, -0.25) is 4.99 Å². The molecule has 0 bridgehead atoms. The van der Waals surface area contributed by atoms with Crippen LogP contribution in [0.2, 0.25) is 0 Å². The predicted octanol–water partition coefficient (Wildman–Crippen LogP) is 2.95. The van der Waals surface area contributed by atoms with Crippen LogP contribution < -0.4 is 15.5 Å². The van der Waals surface area contributed by atoms with Crippen LogP contribution in [0.3, 0.4) is 0 Å². The Hall–Kier alpha value is -2.34. The zero-order valence-corrected chi connectivity index (χ0v) is 15.6. The molecule has 5 nitrogen and oxygen atoms in total. The molecule has 132 valence electrons. The van der Waals surface area contributed by atoms with E-state index < -0.39 is 0 Å². The number of hydrogen-bond donors (Lipinski definition) is 2. The Bertz CT molecular complexity index is 742. The van der Waals surface area contributed by atoms with Crippen LogP contribution in [0.15, 0.2) is 47.6 Å². The SMILES string of the molecule is CCc1cnc(CNC(=NC)NCc2cccc(N3CC=CC3)c2)s1. The number of aryl methyl sites for hydroxylation is 1. The van der Waals surface area contributed by atoms with E-state index in [0.29, 0.717) is 6.54 Å². The smallest absolute Gasteiger partial charge is 0.191 e. The third-order valence-electron chi connectivity index (χ3n) is 4.13. The number of rotatable bonds is 6. The molecule has 1 aliphatic rings. The van der Waals surface area contributed by atoms with Crippen molar-refractivity contribution >= 4 is 23.0 Å².